The summed E-state index contributed by atoms with van der Waals surface area (Å²) < 4.78 is 5.90. The number of benzene rings is 1. The maximum absolute atomic E-state index is 12.9. The van der Waals surface area contributed by atoms with Gasteiger partial charge in [-0.1, -0.05) is 23.8 Å². The highest BCUT2D eigenvalue weighted by atomic mass is 16.5. The molecule has 1 aromatic heterocycles. The first-order chi connectivity index (χ1) is 11.9. The molecule has 0 bridgehead atoms. The lowest BCUT2D eigenvalue weighted by Gasteiger charge is -2.34. The second kappa shape index (κ2) is 6.84. The van der Waals surface area contributed by atoms with Crippen molar-refractivity contribution in [3.8, 4) is 0 Å². The number of aryl methyl sites for hydroxylation is 4. The number of pyridine rings is 1. The molecule has 0 aliphatic carbocycles. The first kappa shape index (κ1) is 17.4. The van der Waals surface area contributed by atoms with Gasteiger partial charge in [0, 0.05) is 12.2 Å². The van der Waals surface area contributed by atoms with Gasteiger partial charge < -0.3 is 14.6 Å². The van der Waals surface area contributed by atoms with Gasteiger partial charge in [-0.05, 0) is 50.5 Å². The van der Waals surface area contributed by atoms with Gasteiger partial charge >= 0.3 is 0 Å². The molecule has 3 rings (SSSR count). The number of ether oxygens (including phenoxy) is 1. The van der Waals surface area contributed by atoms with Gasteiger partial charge in [-0.2, -0.15) is 0 Å². The zero-order chi connectivity index (χ0) is 18.1. The third-order valence-corrected chi connectivity index (χ3v) is 4.70. The van der Waals surface area contributed by atoms with Crippen LogP contribution >= 0.6 is 0 Å². The number of hydrogen-bond acceptors (Lipinski definition) is 3. The Hall–Kier alpha value is -2.40. The number of nitrogens with one attached hydrogen (secondary N) is 1. The van der Waals surface area contributed by atoms with Gasteiger partial charge in [-0.25, -0.2) is 0 Å². The summed E-state index contributed by atoms with van der Waals surface area (Å²) in [5.74, 6) is -0.225. The average Bonchev–Trinajstić information content (AvgIpc) is 2.54. The fourth-order valence-corrected chi connectivity index (χ4v) is 3.49. The molecule has 5 nitrogen and oxygen atoms in total. The number of amides is 1. The van der Waals surface area contributed by atoms with Crippen molar-refractivity contribution in [2.75, 3.05) is 19.7 Å². The first-order valence-corrected chi connectivity index (χ1v) is 8.55. The summed E-state index contributed by atoms with van der Waals surface area (Å²) in [6.45, 7) is 9.14. The van der Waals surface area contributed by atoms with Crippen LogP contribution in [0.4, 0.5) is 0 Å². The van der Waals surface area contributed by atoms with Gasteiger partial charge in [0.15, 0.2) is 0 Å². The molecular weight excluding hydrogens is 316 g/mol. The number of aromatic nitrogens is 1. The topological polar surface area (TPSA) is 62.4 Å². The average molecular weight is 340 g/mol. The van der Waals surface area contributed by atoms with Crippen LogP contribution in [-0.4, -0.2) is 35.5 Å². The first-order valence-electron chi connectivity index (χ1n) is 8.55. The Morgan fingerprint density at radius 2 is 1.92 bits per heavy atom. The van der Waals surface area contributed by atoms with Crippen molar-refractivity contribution < 1.29 is 9.53 Å². The zero-order valence-electron chi connectivity index (χ0n) is 15.2. The summed E-state index contributed by atoms with van der Waals surface area (Å²) in [6, 6.07) is 8.07. The Labute approximate surface area is 147 Å². The Kier molecular flexibility index (Phi) is 4.77. The number of rotatable bonds is 2. The van der Waals surface area contributed by atoms with Crippen LogP contribution in [0.3, 0.4) is 0 Å². The molecule has 1 N–H and O–H groups in total. The van der Waals surface area contributed by atoms with E-state index in [9.17, 15) is 9.59 Å². The molecule has 1 aliphatic heterocycles. The molecule has 1 aromatic carbocycles. The summed E-state index contributed by atoms with van der Waals surface area (Å²) in [6.07, 6.45) is -0.164. The molecule has 25 heavy (non-hydrogen) atoms. The van der Waals surface area contributed by atoms with E-state index in [2.05, 4.69) is 37.0 Å². The third-order valence-electron chi connectivity index (χ3n) is 4.70. The van der Waals surface area contributed by atoms with Crippen LogP contribution in [0.5, 0.6) is 0 Å². The fourth-order valence-electron chi connectivity index (χ4n) is 3.49. The zero-order valence-corrected chi connectivity index (χ0v) is 15.2. The second-order valence-electron chi connectivity index (χ2n) is 6.81. The molecule has 1 fully saturated rings. The van der Waals surface area contributed by atoms with Crippen molar-refractivity contribution in [1.29, 1.82) is 0 Å². The number of nitrogens with zero attached hydrogens (tertiary/aromatic N) is 1. The number of morpholine rings is 1. The summed E-state index contributed by atoms with van der Waals surface area (Å²) in [5.41, 5.74) is 4.83. The van der Waals surface area contributed by atoms with Crippen molar-refractivity contribution in [3.63, 3.8) is 0 Å². The minimum atomic E-state index is -0.322. The molecule has 132 valence electrons. The van der Waals surface area contributed by atoms with E-state index >= 15 is 0 Å². The molecule has 0 unspecified atom stereocenters. The van der Waals surface area contributed by atoms with Crippen molar-refractivity contribution >= 4 is 5.91 Å². The normalized spacial score (nSPS) is 17.6. The molecule has 0 spiro atoms. The second-order valence-corrected chi connectivity index (χ2v) is 6.81. The highest BCUT2D eigenvalue weighted by molar-refractivity contribution is 5.95. The van der Waals surface area contributed by atoms with E-state index in [1.165, 1.54) is 5.56 Å². The number of hydrogen-bond donors (Lipinski definition) is 1. The largest absolute Gasteiger partial charge is 0.370 e. The van der Waals surface area contributed by atoms with Crippen molar-refractivity contribution in [2.45, 2.75) is 33.8 Å². The molecular formula is C20H24N2O3. The van der Waals surface area contributed by atoms with E-state index in [0.717, 1.165) is 16.8 Å². The van der Waals surface area contributed by atoms with Crippen molar-refractivity contribution in [1.82, 2.24) is 9.88 Å². The van der Waals surface area contributed by atoms with Crippen LogP contribution in [0, 0.1) is 27.7 Å². The van der Waals surface area contributed by atoms with E-state index in [1.54, 1.807) is 11.8 Å². The van der Waals surface area contributed by atoms with E-state index in [0.29, 0.717) is 25.3 Å². The third kappa shape index (κ3) is 3.51. The van der Waals surface area contributed by atoms with Crippen LogP contribution in [0.1, 0.15) is 44.4 Å². The maximum atomic E-state index is 12.9. The lowest BCUT2D eigenvalue weighted by Crippen LogP contribution is -2.44. The van der Waals surface area contributed by atoms with Gasteiger partial charge in [0.25, 0.3) is 11.5 Å². The lowest BCUT2D eigenvalue weighted by molar-refractivity contribution is -0.0231. The predicted molar refractivity (Wildman–Crippen MR) is 97.0 cm³/mol. The van der Waals surface area contributed by atoms with Crippen LogP contribution in [0.15, 0.2) is 29.1 Å². The fraction of sp³-hybridized carbons (Fsp3) is 0.400. The molecule has 0 radical (unpaired) electrons. The summed E-state index contributed by atoms with van der Waals surface area (Å²) in [7, 11) is 0. The Morgan fingerprint density at radius 1 is 1.16 bits per heavy atom. The molecule has 2 aromatic rings. The maximum Gasteiger partial charge on any atom is 0.261 e. The Morgan fingerprint density at radius 3 is 2.60 bits per heavy atom. The number of aromatic amines is 1. The summed E-state index contributed by atoms with van der Waals surface area (Å²) in [5, 5.41) is 0. The van der Waals surface area contributed by atoms with Crippen LogP contribution in [-0.2, 0) is 4.74 Å². The highest BCUT2D eigenvalue weighted by Gasteiger charge is 2.29. The molecule has 1 aliphatic rings. The lowest BCUT2D eigenvalue weighted by atomic mass is 9.99. The summed E-state index contributed by atoms with van der Waals surface area (Å²) >= 11 is 0. The predicted octanol–water partition coefficient (Wildman–Crippen LogP) is 2.82. The van der Waals surface area contributed by atoms with Crippen LogP contribution in [0.25, 0.3) is 0 Å². The molecule has 5 heteroatoms. The molecule has 1 amide bonds. The van der Waals surface area contributed by atoms with Crippen molar-refractivity contribution in [3.05, 3.63) is 68.1 Å². The molecule has 2 heterocycles. The highest BCUT2D eigenvalue weighted by Crippen LogP contribution is 2.26. The van der Waals surface area contributed by atoms with Crippen LogP contribution in [0.2, 0.25) is 0 Å². The minimum absolute atomic E-state index is 0.164. The monoisotopic (exact) mass is 340 g/mol. The van der Waals surface area contributed by atoms with E-state index in [4.69, 9.17) is 4.74 Å². The number of carbonyl (C=O) groups is 1. The smallest absolute Gasteiger partial charge is 0.261 e. The molecule has 1 atom stereocenters. The van der Waals surface area contributed by atoms with Gasteiger partial charge in [0.05, 0.1) is 13.2 Å². The van der Waals surface area contributed by atoms with Gasteiger partial charge in [0.2, 0.25) is 0 Å². The SMILES string of the molecule is Cc1ccc([C@@H]2CN(C(=O)c3c(C)cc(C)[nH]c3=O)CCO2)c(C)c1. The van der Waals surface area contributed by atoms with Gasteiger partial charge in [0.1, 0.15) is 11.7 Å². The number of carbonyl (C=O) groups excluding carboxylic acids is 1. The Bertz CT molecular complexity index is 870. The van der Waals surface area contributed by atoms with Gasteiger partial charge in [-0.3, -0.25) is 9.59 Å². The van der Waals surface area contributed by atoms with Gasteiger partial charge in [-0.15, -0.1) is 0 Å². The van der Waals surface area contributed by atoms with E-state index in [1.807, 2.05) is 13.0 Å². The summed E-state index contributed by atoms with van der Waals surface area (Å²) in [4.78, 5) is 29.6. The standard InChI is InChI=1S/C20H24N2O3/c1-12-5-6-16(13(2)9-12)17-11-22(7-8-25-17)20(24)18-14(3)10-15(4)21-19(18)23/h5-6,9-10,17H,7-8,11H2,1-4H3,(H,21,23)/t17-/m0/s1. The Balaban J connectivity index is 1.86. The quantitative estimate of drug-likeness (QED) is 0.914. The van der Waals surface area contributed by atoms with E-state index in [-0.39, 0.29) is 23.1 Å². The number of H-pyrrole nitrogens is 1. The minimum Gasteiger partial charge on any atom is -0.370 e. The van der Waals surface area contributed by atoms with Crippen LogP contribution < -0.4 is 5.56 Å². The molecule has 1 saturated heterocycles. The van der Waals surface area contributed by atoms with Crippen molar-refractivity contribution in [2.24, 2.45) is 0 Å². The van der Waals surface area contributed by atoms with E-state index < -0.39 is 0 Å². The molecule has 0 saturated carbocycles.